The zero-order valence-electron chi connectivity index (χ0n) is 27.1. The Kier molecular flexibility index (Phi) is 10.8. The number of rotatable bonds is 14. The average molecular weight is 744 g/mol. The quantitative estimate of drug-likeness (QED) is 0.114. The highest BCUT2D eigenvalue weighted by atomic mass is 79.9. The van der Waals surface area contributed by atoms with Crippen molar-refractivity contribution in [3.63, 3.8) is 0 Å². The molecule has 2 saturated heterocycles. The topological polar surface area (TPSA) is 80.7 Å². The second-order valence-electron chi connectivity index (χ2n) is 12.5. The van der Waals surface area contributed by atoms with Gasteiger partial charge in [-0.15, -0.1) is 11.3 Å². The minimum absolute atomic E-state index is 0.140. The Hall–Kier alpha value is -3.93. The molecule has 0 radical (unpaired) electrons. The molecule has 8 nitrogen and oxygen atoms in total. The van der Waals surface area contributed by atoms with Crippen LogP contribution in [0.5, 0.6) is 23.0 Å². The van der Waals surface area contributed by atoms with Crippen molar-refractivity contribution in [2.24, 2.45) is 0 Å². The fourth-order valence-corrected chi connectivity index (χ4v) is 7.81. The van der Waals surface area contributed by atoms with E-state index in [2.05, 4.69) is 57.2 Å². The highest BCUT2D eigenvalue weighted by molar-refractivity contribution is 9.10. The van der Waals surface area contributed by atoms with Gasteiger partial charge in [-0.2, -0.15) is 0 Å². The van der Waals surface area contributed by atoms with Gasteiger partial charge in [0.2, 0.25) is 0 Å². The third kappa shape index (κ3) is 8.63. The van der Waals surface area contributed by atoms with Crippen LogP contribution in [0.15, 0.2) is 102 Å². The Bertz CT molecular complexity index is 1840. The lowest BCUT2D eigenvalue weighted by Crippen LogP contribution is -2.59. The molecule has 0 amide bonds. The largest absolute Gasteiger partial charge is 0.491 e. The number of nitrogens with zero attached hydrogens (tertiary/aromatic N) is 2. The van der Waals surface area contributed by atoms with Gasteiger partial charge in [0, 0.05) is 46.8 Å². The number of fused-ring (bicyclic) bond motifs is 1. The molecule has 2 aliphatic rings. The van der Waals surface area contributed by atoms with E-state index in [4.69, 9.17) is 24.1 Å². The number of hydrogen-bond acceptors (Lipinski definition) is 8. The van der Waals surface area contributed by atoms with Crippen LogP contribution in [0.1, 0.15) is 18.4 Å². The Morgan fingerprint density at radius 2 is 1.55 bits per heavy atom. The van der Waals surface area contributed by atoms with Crippen LogP contribution in [-0.2, 0) is 16.1 Å². The van der Waals surface area contributed by atoms with E-state index in [1.807, 2.05) is 65.6 Å². The second kappa shape index (κ2) is 15.7. The van der Waals surface area contributed by atoms with Crippen LogP contribution >= 0.6 is 27.3 Å². The van der Waals surface area contributed by atoms with Crippen molar-refractivity contribution < 1.29 is 28.8 Å². The lowest BCUT2D eigenvalue weighted by Gasteiger charge is -2.46. The van der Waals surface area contributed by atoms with Gasteiger partial charge in [-0.25, -0.2) is 0 Å². The molecular weight excluding hydrogens is 704 g/mol. The second-order valence-corrected chi connectivity index (χ2v) is 14.4. The molecule has 49 heavy (non-hydrogen) atoms. The maximum Gasteiger partial charge on any atom is 0.317 e. The van der Waals surface area contributed by atoms with Crippen LogP contribution in [-0.4, -0.2) is 79.0 Å². The number of benzene rings is 4. The van der Waals surface area contributed by atoms with Crippen LogP contribution in [0.2, 0.25) is 0 Å². The molecule has 0 saturated carbocycles. The Morgan fingerprint density at radius 3 is 2.29 bits per heavy atom. The third-order valence-corrected chi connectivity index (χ3v) is 10.7. The van der Waals surface area contributed by atoms with Crippen molar-refractivity contribution in [2.45, 2.75) is 31.6 Å². The summed E-state index contributed by atoms with van der Waals surface area (Å²) in [5.74, 6) is 2.39. The van der Waals surface area contributed by atoms with Crippen molar-refractivity contribution >= 4 is 43.3 Å². The number of thiophene rings is 1. The summed E-state index contributed by atoms with van der Waals surface area (Å²) in [4.78, 5) is 16.5. The van der Waals surface area contributed by atoms with Gasteiger partial charge in [0.1, 0.15) is 30.5 Å². The minimum atomic E-state index is -0.749. The molecule has 3 heterocycles. The molecule has 0 unspecified atom stereocenters. The summed E-state index contributed by atoms with van der Waals surface area (Å²) in [6.45, 7) is 5.20. The van der Waals surface area contributed by atoms with Crippen LogP contribution < -0.4 is 14.2 Å². The van der Waals surface area contributed by atoms with Gasteiger partial charge in [-0.05, 0) is 78.6 Å². The SMILES string of the molecule is O=C(O)CN1CCC(N2CC(OCCOc3ccc(Oc4c(-c5ccc(Br)cc5)sc5cc(OCc6ccccc6)ccc45)cc3)C2)CC1. The first-order valence-electron chi connectivity index (χ1n) is 16.7. The average Bonchev–Trinajstić information content (AvgIpc) is 3.45. The Balaban J connectivity index is 0.924. The van der Waals surface area contributed by atoms with Gasteiger partial charge in [0.15, 0.2) is 5.75 Å². The standard InChI is InChI=1S/C39H39BrN2O6S/c40-29-8-6-28(7-9-29)39-38(35-15-14-33(22-36(35)49-39)47-26-27-4-2-1-3-5-27)48-32-12-10-31(11-13-32)45-20-21-46-34-23-42(24-34)30-16-18-41(19-17-30)25-37(43)44/h1-15,22,30,34H,16-21,23-26H2,(H,43,44). The van der Waals surface area contributed by atoms with E-state index in [-0.39, 0.29) is 12.6 Å². The highest BCUT2D eigenvalue weighted by Crippen LogP contribution is 2.47. The maximum atomic E-state index is 11.0. The summed E-state index contributed by atoms with van der Waals surface area (Å²) in [7, 11) is 0. The van der Waals surface area contributed by atoms with Crippen molar-refractivity contribution in [3.8, 4) is 33.4 Å². The molecular formula is C39H39BrN2O6S. The summed E-state index contributed by atoms with van der Waals surface area (Å²) >= 11 is 5.25. The number of hydrogen-bond donors (Lipinski definition) is 1. The normalized spacial score (nSPS) is 16.0. The molecule has 4 aromatic carbocycles. The minimum Gasteiger partial charge on any atom is -0.491 e. The molecule has 5 aromatic rings. The van der Waals surface area contributed by atoms with Crippen LogP contribution in [0, 0.1) is 0 Å². The van der Waals surface area contributed by atoms with Crippen LogP contribution in [0.25, 0.3) is 20.5 Å². The molecule has 0 bridgehead atoms. The lowest BCUT2D eigenvalue weighted by molar-refractivity contribution is -0.139. The molecule has 2 fully saturated rings. The van der Waals surface area contributed by atoms with E-state index in [9.17, 15) is 4.79 Å². The summed E-state index contributed by atoms with van der Waals surface area (Å²) in [5, 5.41) is 10.0. The van der Waals surface area contributed by atoms with E-state index in [1.165, 1.54) is 0 Å². The van der Waals surface area contributed by atoms with Gasteiger partial charge in [-0.1, -0.05) is 58.4 Å². The summed E-state index contributed by atoms with van der Waals surface area (Å²) in [6.07, 6.45) is 2.26. The molecule has 1 aromatic heterocycles. The summed E-state index contributed by atoms with van der Waals surface area (Å²) < 4.78 is 26.9. The number of piperidine rings is 1. The predicted molar refractivity (Wildman–Crippen MR) is 196 cm³/mol. The zero-order chi connectivity index (χ0) is 33.6. The van der Waals surface area contributed by atoms with Crippen molar-refractivity contribution in [1.29, 1.82) is 0 Å². The number of carbonyl (C=O) groups is 1. The highest BCUT2D eigenvalue weighted by Gasteiger charge is 2.34. The van der Waals surface area contributed by atoms with Gasteiger partial charge in [0.25, 0.3) is 0 Å². The smallest absolute Gasteiger partial charge is 0.317 e. The first-order chi connectivity index (χ1) is 24.0. The first kappa shape index (κ1) is 33.6. The fourth-order valence-electron chi connectivity index (χ4n) is 6.38. The van der Waals surface area contributed by atoms with Crippen molar-refractivity contribution in [3.05, 3.63) is 107 Å². The van der Waals surface area contributed by atoms with Gasteiger partial charge in [0.05, 0.1) is 24.1 Å². The molecule has 7 rings (SSSR count). The number of halogens is 1. The monoisotopic (exact) mass is 742 g/mol. The van der Waals surface area contributed by atoms with E-state index < -0.39 is 5.97 Å². The number of aliphatic carboxylic acids is 1. The van der Waals surface area contributed by atoms with E-state index in [0.29, 0.717) is 25.9 Å². The molecule has 0 atom stereocenters. The lowest BCUT2D eigenvalue weighted by atomic mass is 9.98. The van der Waals surface area contributed by atoms with E-state index in [1.54, 1.807) is 11.3 Å². The summed E-state index contributed by atoms with van der Waals surface area (Å²) in [6, 6.07) is 32.9. The van der Waals surface area contributed by atoms with E-state index in [0.717, 1.165) is 92.6 Å². The zero-order valence-corrected chi connectivity index (χ0v) is 29.5. The molecule has 10 heteroatoms. The molecule has 254 valence electrons. The van der Waals surface area contributed by atoms with Crippen LogP contribution in [0.3, 0.4) is 0 Å². The Morgan fingerprint density at radius 1 is 0.837 bits per heavy atom. The summed E-state index contributed by atoms with van der Waals surface area (Å²) in [5.41, 5.74) is 2.21. The number of carboxylic acids is 1. The molecule has 2 aliphatic heterocycles. The van der Waals surface area contributed by atoms with E-state index >= 15 is 0 Å². The molecule has 1 N–H and O–H groups in total. The van der Waals surface area contributed by atoms with Crippen LogP contribution in [0.4, 0.5) is 0 Å². The number of ether oxygens (including phenoxy) is 4. The third-order valence-electron chi connectivity index (χ3n) is 9.03. The van der Waals surface area contributed by atoms with Crippen molar-refractivity contribution in [2.75, 3.05) is 45.9 Å². The first-order valence-corrected chi connectivity index (χ1v) is 18.3. The van der Waals surface area contributed by atoms with Gasteiger partial charge in [-0.3, -0.25) is 14.6 Å². The fraction of sp³-hybridized carbons (Fsp3) is 0.308. The molecule has 0 spiro atoms. The van der Waals surface area contributed by atoms with Gasteiger partial charge >= 0.3 is 5.97 Å². The molecule has 0 aliphatic carbocycles. The van der Waals surface area contributed by atoms with Gasteiger partial charge < -0.3 is 24.1 Å². The number of carboxylic acid groups (broad SMARTS) is 1. The van der Waals surface area contributed by atoms with Crippen molar-refractivity contribution in [1.82, 2.24) is 9.80 Å². The maximum absolute atomic E-state index is 11.0. The predicted octanol–water partition coefficient (Wildman–Crippen LogP) is 8.33. The number of likely N-dealkylation sites (tertiary alicyclic amines) is 2. The Labute approximate surface area is 298 Å².